The predicted molar refractivity (Wildman–Crippen MR) is 76.7 cm³/mol. The maximum atomic E-state index is 3.61. The third kappa shape index (κ3) is 2.91. The molecule has 0 radical (unpaired) electrons. The molecule has 3 aliphatic rings. The van der Waals surface area contributed by atoms with E-state index in [9.17, 15) is 0 Å². The Morgan fingerprint density at radius 1 is 1.11 bits per heavy atom. The van der Waals surface area contributed by atoms with Crippen molar-refractivity contribution in [3.05, 3.63) is 0 Å². The summed E-state index contributed by atoms with van der Waals surface area (Å²) in [5, 5.41) is 3.61. The second-order valence-corrected chi connectivity index (χ2v) is 7.74. The Kier molecular flexibility index (Phi) is 3.44. The maximum absolute atomic E-state index is 3.61. The van der Waals surface area contributed by atoms with Crippen molar-refractivity contribution in [2.45, 2.75) is 76.9 Å². The Morgan fingerprint density at radius 3 is 2.39 bits per heavy atom. The minimum atomic E-state index is 0.550. The Balaban J connectivity index is 1.71. The molecule has 0 aromatic rings. The van der Waals surface area contributed by atoms with Gasteiger partial charge in [0.15, 0.2) is 0 Å². The van der Waals surface area contributed by atoms with E-state index >= 15 is 0 Å². The van der Waals surface area contributed by atoms with Crippen molar-refractivity contribution in [1.82, 2.24) is 10.2 Å². The van der Waals surface area contributed by atoms with Gasteiger partial charge in [0, 0.05) is 24.7 Å². The van der Waals surface area contributed by atoms with E-state index in [4.69, 9.17) is 0 Å². The minimum Gasteiger partial charge on any atom is -0.315 e. The van der Waals surface area contributed by atoms with Gasteiger partial charge in [-0.1, -0.05) is 13.8 Å². The SMILES string of the molecule is CNC1CCC(C)(C)CC1N(CC1CC1)C1CC1. The fourth-order valence-electron chi connectivity index (χ4n) is 3.79. The molecule has 0 saturated heterocycles. The molecule has 3 rings (SSSR count). The molecule has 0 aromatic heterocycles. The lowest BCUT2D eigenvalue weighted by Gasteiger charge is -2.46. The maximum Gasteiger partial charge on any atom is 0.0257 e. The predicted octanol–water partition coefficient (Wildman–Crippen LogP) is 3.03. The number of hydrogen-bond acceptors (Lipinski definition) is 2. The Hall–Kier alpha value is -0.0800. The van der Waals surface area contributed by atoms with Gasteiger partial charge in [0.2, 0.25) is 0 Å². The van der Waals surface area contributed by atoms with Crippen molar-refractivity contribution >= 4 is 0 Å². The van der Waals surface area contributed by atoms with Gasteiger partial charge in [0.25, 0.3) is 0 Å². The zero-order chi connectivity index (χ0) is 12.8. The third-order valence-corrected chi connectivity index (χ3v) is 5.34. The van der Waals surface area contributed by atoms with Gasteiger partial charge in [-0.05, 0) is 63.3 Å². The highest BCUT2D eigenvalue weighted by atomic mass is 15.2. The Bertz CT molecular complexity index is 291. The molecule has 2 nitrogen and oxygen atoms in total. The fraction of sp³-hybridized carbons (Fsp3) is 1.00. The van der Waals surface area contributed by atoms with Crippen LogP contribution in [0, 0.1) is 11.3 Å². The molecule has 0 aromatic carbocycles. The summed E-state index contributed by atoms with van der Waals surface area (Å²) >= 11 is 0. The smallest absolute Gasteiger partial charge is 0.0257 e. The van der Waals surface area contributed by atoms with E-state index in [0.29, 0.717) is 5.41 Å². The molecule has 3 fully saturated rings. The van der Waals surface area contributed by atoms with Crippen LogP contribution in [0.1, 0.15) is 58.8 Å². The molecule has 104 valence electrons. The average Bonchev–Trinajstić information content (AvgIpc) is 3.17. The van der Waals surface area contributed by atoms with Gasteiger partial charge in [-0.25, -0.2) is 0 Å². The van der Waals surface area contributed by atoms with Crippen LogP contribution in [-0.2, 0) is 0 Å². The number of likely N-dealkylation sites (N-methyl/N-ethyl adjacent to an activating group) is 1. The molecule has 2 heteroatoms. The number of nitrogens with zero attached hydrogens (tertiary/aromatic N) is 1. The van der Waals surface area contributed by atoms with Crippen molar-refractivity contribution < 1.29 is 0 Å². The number of rotatable bonds is 5. The molecule has 0 heterocycles. The van der Waals surface area contributed by atoms with Gasteiger partial charge in [-0.2, -0.15) is 0 Å². The van der Waals surface area contributed by atoms with Crippen LogP contribution < -0.4 is 5.32 Å². The minimum absolute atomic E-state index is 0.550. The van der Waals surface area contributed by atoms with Crippen LogP contribution in [0.4, 0.5) is 0 Å². The molecule has 2 unspecified atom stereocenters. The average molecular weight is 250 g/mol. The summed E-state index contributed by atoms with van der Waals surface area (Å²) in [4.78, 5) is 2.90. The quantitative estimate of drug-likeness (QED) is 0.807. The van der Waals surface area contributed by atoms with Crippen molar-refractivity contribution in [2.24, 2.45) is 11.3 Å². The van der Waals surface area contributed by atoms with Crippen LogP contribution in [0.5, 0.6) is 0 Å². The molecule has 0 bridgehead atoms. The van der Waals surface area contributed by atoms with E-state index < -0.39 is 0 Å². The molecule has 18 heavy (non-hydrogen) atoms. The molecular weight excluding hydrogens is 220 g/mol. The Labute approximate surface area is 113 Å². The largest absolute Gasteiger partial charge is 0.315 e. The highest BCUT2D eigenvalue weighted by Crippen LogP contribution is 2.43. The zero-order valence-corrected chi connectivity index (χ0v) is 12.4. The molecule has 0 spiro atoms. The normalized spacial score (nSPS) is 36.0. The second kappa shape index (κ2) is 4.79. The summed E-state index contributed by atoms with van der Waals surface area (Å²) in [5.74, 6) is 1.04. The molecule has 0 amide bonds. The third-order valence-electron chi connectivity index (χ3n) is 5.34. The first-order valence-electron chi connectivity index (χ1n) is 8.02. The first kappa shape index (κ1) is 12.9. The van der Waals surface area contributed by atoms with Gasteiger partial charge < -0.3 is 5.32 Å². The first-order valence-corrected chi connectivity index (χ1v) is 8.02. The van der Waals surface area contributed by atoms with E-state index in [1.165, 1.54) is 51.5 Å². The fourth-order valence-corrected chi connectivity index (χ4v) is 3.79. The van der Waals surface area contributed by atoms with Crippen molar-refractivity contribution in [3.63, 3.8) is 0 Å². The highest BCUT2D eigenvalue weighted by molar-refractivity contribution is 5.00. The first-order chi connectivity index (χ1) is 8.59. The summed E-state index contributed by atoms with van der Waals surface area (Å²) in [6, 6.07) is 2.46. The van der Waals surface area contributed by atoms with E-state index in [0.717, 1.165) is 24.0 Å². The topological polar surface area (TPSA) is 15.3 Å². The number of hydrogen-bond donors (Lipinski definition) is 1. The van der Waals surface area contributed by atoms with Crippen LogP contribution in [0.3, 0.4) is 0 Å². The van der Waals surface area contributed by atoms with E-state index in [-0.39, 0.29) is 0 Å². The van der Waals surface area contributed by atoms with Crippen LogP contribution >= 0.6 is 0 Å². The highest BCUT2D eigenvalue weighted by Gasteiger charge is 2.43. The zero-order valence-electron chi connectivity index (χ0n) is 12.4. The lowest BCUT2D eigenvalue weighted by molar-refractivity contribution is 0.0584. The molecule has 0 aliphatic heterocycles. The monoisotopic (exact) mass is 250 g/mol. The summed E-state index contributed by atoms with van der Waals surface area (Å²) in [5.41, 5.74) is 0.550. The van der Waals surface area contributed by atoms with Crippen LogP contribution in [0.15, 0.2) is 0 Å². The van der Waals surface area contributed by atoms with Crippen molar-refractivity contribution in [1.29, 1.82) is 0 Å². The van der Waals surface area contributed by atoms with Crippen LogP contribution in [0.2, 0.25) is 0 Å². The Morgan fingerprint density at radius 2 is 1.83 bits per heavy atom. The number of nitrogens with one attached hydrogen (secondary N) is 1. The second-order valence-electron chi connectivity index (χ2n) is 7.74. The van der Waals surface area contributed by atoms with Gasteiger partial charge in [-0.15, -0.1) is 0 Å². The summed E-state index contributed by atoms with van der Waals surface area (Å²) in [6.07, 6.45) is 10.0. The van der Waals surface area contributed by atoms with Gasteiger partial charge in [0.05, 0.1) is 0 Å². The van der Waals surface area contributed by atoms with E-state index in [1.807, 2.05) is 0 Å². The standard InChI is InChI=1S/C16H30N2/c1-16(2)9-8-14(17-3)15(10-16)18(13-6-7-13)11-12-4-5-12/h12-15,17H,4-11H2,1-3H3. The van der Waals surface area contributed by atoms with Crippen molar-refractivity contribution in [2.75, 3.05) is 13.6 Å². The lowest BCUT2D eigenvalue weighted by atomic mass is 9.72. The molecule has 2 atom stereocenters. The molecular formula is C16H30N2. The lowest BCUT2D eigenvalue weighted by Crippen LogP contribution is -2.55. The summed E-state index contributed by atoms with van der Waals surface area (Å²) in [7, 11) is 2.16. The summed E-state index contributed by atoms with van der Waals surface area (Å²) in [6.45, 7) is 6.33. The molecule has 3 saturated carbocycles. The van der Waals surface area contributed by atoms with Gasteiger partial charge in [-0.3, -0.25) is 4.90 Å². The van der Waals surface area contributed by atoms with Crippen LogP contribution in [0.25, 0.3) is 0 Å². The van der Waals surface area contributed by atoms with E-state index in [2.05, 4.69) is 31.1 Å². The molecule has 3 aliphatic carbocycles. The van der Waals surface area contributed by atoms with Crippen LogP contribution in [-0.4, -0.2) is 36.6 Å². The van der Waals surface area contributed by atoms with Gasteiger partial charge in [0.1, 0.15) is 0 Å². The van der Waals surface area contributed by atoms with E-state index in [1.54, 1.807) is 0 Å². The summed E-state index contributed by atoms with van der Waals surface area (Å²) < 4.78 is 0. The van der Waals surface area contributed by atoms with Crippen molar-refractivity contribution in [3.8, 4) is 0 Å². The molecule has 1 N–H and O–H groups in total. The van der Waals surface area contributed by atoms with Gasteiger partial charge >= 0.3 is 0 Å².